The van der Waals surface area contributed by atoms with Crippen molar-refractivity contribution < 1.29 is 0 Å². The quantitative estimate of drug-likeness (QED) is 0.741. The fourth-order valence-corrected chi connectivity index (χ4v) is 2.18. The van der Waals surface area contributed by atoms with Gasteiger partial charge in [0, 0.05) is 10.6 Å². The molecular weight excluding hydrogens is 272 g/mol. The Hall–Kier alpha value is -2.20. The Bertz CT molecular complexity index is 736. The first-order chi connectivity index (χ1) is 9.72. The van der Waals surface area contributed by atoms with Crippen LogP contribution in [0.5, 0.6) is 0 Å². The Morgan fingerprint density at radius 2 is 1.95 bits per heavy atom. The van der Waals surface area contributed by atoms with Crippen molar-refractivity contribution in [2.24, 2.45) is 0 Å². The highest BCUT2D eigenvalue weighted by atomic mass is 35.5. The number of halogens is 1. The molecule has 100 valence electrons. The van der Waals surface area contributed by atoms with Crippen molar-refractivity contribution in [2.75, 3.05) is 0 Å². The van der Waals surface area contributed by atoms with Crippen LogP contribution in [-0.4, -0.2) is 20.2 Å². The number of rotatable bonds is 3. The highest BCUT2D eigenvalue weighted by Gasteiger charge is 2.07. The molecule has 0 saturated heterocycles. The van der Waals surface area contributed by atoms with Crippen LogP contribution in [0.1, 0.15) is 11.1 Å². The molecule has 0 atom stereocenters. The van der Waals surface area contributed by atoms with E-state index in [9.17, 15) is 0 Å². The van der Waals surface area contributed by atoms with Gasteiger partial charge in [-0.2, -0.15) is 4.80 Å². The third kappa shape index (κ3) is 2.70. The molecule has 0 bridgehead atoms. The summed E-state index contributed by atoms with van der Waals surface area (Å²) in [4.78, 5) is 1.60. The Labute approximate surface area is 122 Å². The molecule has 0 aliphatic heterocycles. The van der Waals surface area contributed by atoms with Gasteiger partial charge >= 0.3 is 0 Å². The fourth-order valence-electron chi connectivity index (χ4n) is 1.99. The van der Waals surface area contributed by atoms with Crippen molar-refractivity contribution in [1.82, 2.24) is 20.2 Å². The maximum Gasteiger partial charge on any atom is 0.204 e. The second-order valence-corrected chi connectivity index (χ2v) is 5.02. The smallest absolute Gasteiger partial charge is 0.159 e. The molecule has 3 rings (SSSR count). The van der Waals surface area contributed by atoms with Crippen molar-refractivity contribution in [3.05, 3.63) is 64.7 Å². The zero-order chi connectivity index (χ0) is 13.9. The summed E-state index contributed by atoms with van der Waals surface area (Å²) in [5.74, 6) is 0.584. The van der Waals surface area contributed by atoms with Gasteiger partial charge in [0.15, 0.2) is 0 Å². The number of nitrogens with zero attached hydrogens (tertiary/aromatic N) is 4. The molecule has 1 aromatic heterocycles. The minimum Gasteiger partial charge on any atom is -0.159 e. The lowest BCUT2D eigenvalue weighted by Gasteiger charge is -2.03. The summed E-state index contributed by atoms with van der Waals surface area (Å²) >= 11 is 5.97. The van der Waals surface area contributed by atoms with E-state index in [1.54, 1.807) is 4.80 Å². The minimum atomic E-state index is 0.584. The highest BCUT2D eigenvalue weighted by Crippen LogP contribution is 2.18. The first kappa shape index (κ1) is 12.8. The van der Waals surface area contributed by atoms with Gasteiger partial charge in [0.25, 0.3) is 0 Å². The van der Waals surface area contributed by atoms with Crippen LogP contribution in [0.3, 0.4) is 0 Å². The molecular formula is C15H13ClN4. The van der Waals surface area contributed by atoms with E-state index in [0.717, 1.165) is 5.56 Å². The monoisotopic (exact) mass is 284 g/mol. The van der Waals surface area contributed by atoms with E-state index in [0.29, 0.717) is 17.4 Å². The Kier molecular flexibility index (Phi) is 3.48. The molecule has 5 heteroatoms. The Morgan fingerprint density at radius 1 is 1.10 bits per heavy atom. The third-order valence-electron chi connectivity index (χ3n) is 3.11. The topological polar surface area (TPSA) is 43.6 Å². The summed E-state index contributed by atoms with van der Waals surface area (Å²) < 4.78 is 0. The molecule has 0 saturated carbocycles. The number of benzene rings is 2. The minimum absolute atomic E-state index is 0.584. The van der Waals surface area contributed by atoms with Crippen LogP contribution in [0.4, 0.5) is 0 Å². The molecule has 0 aliphatic carbocycles. The molecule has 0 unspecified atom stereocenters. The SMILES string of the molecule is Cc1ccccc1Cn1nnc(-c2cccc(Cl)c2)n1. The second-order valence-electron chi connectivity index (χ2n) is 4.58. The molecule has 1 heterocycles. The average molecular weight is 285 g/mol. The van der Waals surface area contributed by atoms with Crippen molar-refractivity contribution in [3.63, 3.8) is 0 Å². The van der Waals surface area contributed by atoms with Crippen LogP contribution in [0.15, 0.2) is 48.5 Å². The maximum absolute atomic E-state index is 5.97. The van der Waals surface area contributed by atoms with Crippen LogP contribution in [0.2, 0.25) is 5.02 Å². The van der Waals surface area contributed by atoms with Crippen molar-refractivity contribution >= 4 is 11.6 Å². The molecule has 0 radical (unpaired) electrons. The first-order valence-corrected chi connectivity index (χ1v) is 6.68. The van der Waals surface area contributed by atoms with Gasteiger partial charge in [-0.05, 0) is 35.4 Å². The average Bonchev–Trinajstić information content (AvgIpc) is 2.90. The van der Waals surface area contributed by atoms with E-state index in [2.05, 4.69) is 34.5 Å². The number of tetrazole rings is 1. The molecule has 4 nitrogen and oxygen atoms in total. The molecule has 0 amide bonds. The predicted octanol–water partition coefficient (Wildman–Crippen LogP) is 3.35. The lowest BCUT2D eigenvalue weighted by atomic mass is 10.1. The molecule has 0 fully saturated rings. The Balaban J connectivity index is 1.86. The third-order valence-corrected chi connectivity index (χ3v) is 3.34. The van der Waals surface area contributed by atoms with E-state index in [-0.39, 0.29) is 0 Å². The van der Waals surface area contributed by atoms with Gasteiger partial charge in [0.2, 0.25) is 5.82 Å². The maximum atomic E-state index is 5.97. The zero-order valence-electron chi connectivity index (χ0n) is 11.0. The van der Waals surface area contributed by atoms with E-state index in [1.807, 2.05) is 36.4 Å². The lowest BCUT2D eigenvalue weighted by Crippen LogP contribution is -2.05. The summed E-state index contributed by atoms with van der Waals surface area (Å²) in [5, 5.41) is 13.2. The molecule has 3 aromatic rings. The van der Waals surface area contributed by atoms with Crippen LogP contribution in [0, 0.1) is 6.92 Å². The van der Waals surface area contributed by atoms with Crippen LogP contribution in [0.25, 0.3) is 11.4 Å². The van der Waals surface area contributed by atoms with Crippen molar-refractivity contribution in [2.45, 2.75) is 13.5 Å². The van der Waals surface area contributed by atoms with E-state index in [4.69, 9.17) is 11.6 Å². The highest BCUT2D eigenvalue weighted by molar-refractivity contribution is 6.30. The van der Waals surface area contributed by atoms with Gasteiger partial charge in [0.05, 0.1) is 6.54 Å². The molecule has 0 spiro atoms. The standard InChI is InChI=1S/C15H13ClN4/c1-11-5-2-3-6-13(11)10-20-18-15(17-19-20)12-7-4-8-14(16)9-12/h2-9H,10H2,1H3. The van der Waals surface area contributed by atoms with Gasteiger partial charge in [-0.1, -0.05) is 48.0 Å². The van der Waals surface area contributed by atoms with E-state index >= 15 is 0 Å². The largest absolute Gasteiger partial charge is 0.204 e. The van der Waals surface area contributed by atoms with Gasteiger partial charge in [0.1, 0.15) is 0 Å². The number of aromatic nitrogens is 4. The van der Waals surface area contributed by atoms with Crippen molar-refractivity contribution in [3.8, 4) is 11.4 Å². The van der Waals surface area contributed by atoms with Gasteiger partial charge in [-0.25, -0.2) is 0 Å². The fraction of sp³-hybridized carbons (Fsp3) is 0.133. The first-order valence-electron chi connectivity index (χ1n) is 6.30. The molecule has 0 N–H and O–H groups in total. The summed E-state index contributed by atoms with van der Waals surface area (Å²) in [6, 6.07) is 15.6. The molecule has 2 aromatic carbocycles. The number of aryl methyl sites for hydroxylation is 1. The summed E-state index contributed by atoms with van der Waals surface area (Å²) in [6.07, 6.45) is 0. The van der Waals surface area contributed by atoms with Crippen LogP contribution < -0.4 is 0 Å². The summed E-state index contributed by atoms with van der Waals surface area (Å²) in [7, 11) is 0. The summed E-state index contributed by atoms with van der Waals surface area (Å²) in [6.45, 7) is 2.68. The predicted molar refractivity (Wildman–Crippen MR) is 78.5 cm³/mol. The number of hydrogen-bond acceptors (Lipinski definition) is 3. The van der Waals surface area contributed by atoms with Crippen molar-refractivity contribution in [1.29, 1.82) is 0 Å². The summed E-state index contributed by atoms with van der Waals surface area (Å²) in [5.41, 5.74) is 3.27. The van der Waals surface area contributed by atoms with E-state index in [1.165, 1.54) is 11.1 Å². The Morgan fingerprint density at radius 3 is 2.75 bits per heavy atom. The molecule has 20 heavy (non-hydrogen) atoms. The number of hydrogen-bond donors (Lipinski definition) is 0. The van der Waals surface area contributed by atoms with Gasteiger partial charge in [-0.15, -0.1) is 10.2 Å². The van der Waals surface area contributed by atoms with E-state index < -0.39 is 0 Å². The normalized spacial score (nSPS) is 10.7. The van der Waals surface area contributed by atoms with Gasteiger partial charge in [-0.3, -0.25) is 0 Å². The molecule has 0 aliphatic rings. The van der Waals surface area contributed by atoms with Gasteiger partial charge < -0.3 is 0 Å². The van der Waals surface area contributed by atoms with Crippen LogP contribution >= 0.6 is 11.6 Å². The van der Waals surface area contributed by atoms with Crippen LogP contribution in [-0.2, 0) is 6.54 Å². The second kappa shape index (κ2) is 5.43. The lowest BCUT2D eigenvalue weighted by molar-refractivity contribution is 0.571. The zero-order valence-corrected chi connectivity index (χ0v) is 11.7.